The summed E-state index contributed by atoms with van der Waals surface area (Å²) in [5.74, 6) is 0.862. The number of ketones is 1. The first-order valence-corrected chi connectivity index (χ1v) is 10.7. The van der Waals surface area contributed by atoms with Crippen molar-refractivity contribution in [2.75, 3.05) is 13.7 Å². The predicted octanol–water partition coefficient (Wildman–Crippen LogP) is 5.74. The highest BCUT2D eigenvalue weighted by Gasteiger charge is 2.22. The topological polar surface area (TPSA) is 57.8 Å². The number of allylic oxidation sites excluding steroid dienone is 2. The molecule has 2 aromatic carbocycles. The lowest BCUT2D eigenvalue weighted by Crippen LogP contribution is -2.02. The van der Waals surface area contributed by atoms with Crippen molar-refractivity contribution in [3.63, 3.8) is 0 Å². The van der Waals surface area contributed by atoms with Crippen LogP contribution in [-0.2, 0) is 6.54 Å². The van der Waals surface area contributed by atoms with E-state index in [4.69, 9.17) is 21.1 Å². The van der Waals surface area contributed by atoms with E-state index in [-0.39, 0.29) is 5.78 Å². The van der Waals surface area contributed by atoms with Gasteiger partial charge in [-0.15, -0.1) is 6.58 Å². The van der Waals surface area contributed by atoms with Crippen LogP contribution < -0.4 is 9.47 Å². The number of rotatable bonds is 8. The zero-order valence-electron chi connectivity index (χ0n) is 18.3. The Bertz CT molecular complexity index is 1360. The van der Waals surface area contributed by atoms with Gasteiger partial charge in [0.05, 0.1) is 41.0 Å². The van der Waals surface area contributed by atoms with Gasteiger partial charge in [0.1, 0.15) is 5.65 Å². The first-order chi connectivity index (χ1) is 15.5. The fourth-order valence-electron chi connectivity index (χ4n) is 3.92. The number of methoxy groups -OCH3 is 1. The summed E-state index contributed by atoms with van der Waals surface area (Å²) in [5, 5.41) is 5.06. The van der Waals surface area contributed by atoms with Crippen LogP contribution in [0.5, 0.6) is 11.5 Å². The summed E-state index contributed by atoms with van der Waals surface area (Å²) in [6.45, 7) is 8.64. The van der Waals surface area contributed by atoms with E-state index in [0.717, 1.165) is 22.2 Å². The van der Waals surface area contributed by atoms with E-state index in [1.807, 2.05) is 48.7 Å². The van der Waals surface area contributed by atoms with Gasteiger partial charge in [0.15, 0.2) is 17.3 Å². The molecule has 0 aliphatic carbocycles. The van der Waals surface area contributed by atoms with Crippen LogP contribution in [0.25, 0.3) is 22.8 Å². The number of carbonyl (C=O) groups excluding carboxylic acids is 1. The van der Waals surface area contributed by atoms with Gasteiger partial charge < -0.3 is 14.0 Å². The minimum absolute atomic E-state index is 0.143. The van der Waals surface area contributed by atoms with Gasteiger partial charge in [0.25, 0.3) is 0 Å². The number of aryl methyl sites for hydroxylation is 1. The molecule has 0 atom stereocenters. The molecule has 6 nitrogen and oxygen atoms in total. The van der Waals surface area contributed by atoms with Gasteiger partial charge in [-0.2, -0.15) is 5.10 Å². The Morgan fingerprint density at radius 1 is 1.25 bits per heavy atom. The molecule has 0 fully saturated rings. The summed E-state index contributed by atoms with van der Waals surface area (Å²) in [6, 6.07) is 11.5. The fourth-order valence-corrected chi connectivity index (χ4v) is 4.22. The van der Waals surface area contributed by atoms with Gasteiger partial charge in [-0.05, 0) is 49.8 Å². The van der Waals surface area contributed by atoms with E-state index < -0.39 is 0 Å². The number of nitrogens with zero attached hydrogens (tertiary/aromatic N) is 3. The van der Waals surface area contributed by atoms with Crippen molar-refractivity contribution in [3.05, 3.63) is 77.0 Å². The van der Waals surface area contributed by atoms with Crippen molar-refractivity contribution in [3.8, 4) is 11.5 Å². The molecule has 4 rings (SSSR count). The Balaban J connectivity index is 1.79. The molecule has 2 heterocycles. The van der Waals surface area contributed by atoms with Crippen LogP contribution in [0.4, 0.5) is 0 Å². The van der Waals surface area contributed by atoms with Crippen molar-refractivity contribution in [1.82, 2.24) is 14.2 Å². The number of hydrogen-bond acceptors (Lipinski definition) is 4. The van der Waals surface area contributed by atoms with Crippen LogP contribution >= 0.6 is 11.6 Å². The first-order valence-electron chi connectivity index (χ1n) is 10.3. The smallest absolute Gasteiger partial charge is 0.191 e. The maximum atomic E-state index is 13.3. The summed E-state index contributed by atoms with van der Waals surface area (Å²) < 4.78 is 14.8. The summed E-state index contributed by atoms with van der Waals surface area (Å²) >= 11 is 6.34. The average Bonchev–Trinajstić information content (AvgIpc) is 3.26. The van der Waals surface area contributed by atoms with Gasteiger partial charge in [-0.25, -0.2) is 4.52 Å². The van der Waals surface area contributed by atoms with Crippen molar-refractivity contribution in [2.45, 2.75) is 20.4 Å². The van der Waals surface area contributed by atoms with E-state index in [2.05, 4.69) is 16.2 Å². The molecule has 0 radical (unpaired) electrons. The van der Waals surface area contributed by atoms with Gasteiger partial charge in [0, 0.05) is 6.54 Å². The standard InChI is InChI=1S/C25H24ClN3O3/c1-5-13-28-19-9-7-8-10-20(19)29-25(28)23(16(3)27-29)21(30)12-11-17-14-18(26)24(31-4)22(15-17)32-6-2/h5,7-12,14-15H,1,6,13H2,2-4H3/b12-11+. The molecule has 164 valence electrons. The number of fused-ring (bicyclic) bond motifs is 3. The Morgan fingerprint density at radius 2 is 2.00 bits per heavy atom. The summed E-state index contributed by atoms with van der Waals surface area (Å²) in [4.78, 5) is 13.3. The Morgan fingerprint density at radius 3 is 2.69 bits per heavy atom. The molecule has 0 amide bonds. The second-order valence-corrected chi connectivity index (χ2v) is 7.66. The van der Waals surface area contributed by atoms with E-state index >= 15 is 0 Å². The number of hydrogen-bond donors (Lipinski definition) is 0. The van der Waals surface area contributed by atoms with Crippen LogP contribution in [0.2, 0.25) is 5.02 Å². The Kier molecular flexibility index (Phi) is 6.06. The third-order valence-corrected chi connectivity index (χ3v) is 5.49. The molecule has 32 heavy (non-hydrogen) atoms. The van der Waals surface area contributed by atoms with Crippen LogP contribution in [0.1, 0.15) is 28.5 Å². The molecule has 7 heteroatoms. The SMILES string of the molecule is C=CCn1c2ccccc2n2nc(C)c(C(=O)/C=C/c3cc(Cl)c(OC)c(OCC)c3)c12. The predicted molar refractivity (Wildman–Crippen MR) is 128 cm³/mol. The lowest BCUT2D eigenvalue weighted by atomic mass is 10.1. The third kappa shape index (κ3) is 3.67. The highest BCUT2D eigenvalue weighted by atomic mass is 35.5. The van der Waals surface area contributed by atoms with Crippen LogP contribution in [0.3, 0.4) is 0 Å². The largest absolute Gasteiger partial charge is 0.491 e. The molecule has 0 spiro atoms. The number of para-hydroxylation sites is 2. The first kappa shape index (κ1) is 21.7. The van der Waals surface area contributed by atoms with Gasteiger partial charge in [-0.3, -0.25) is 4.79 Å². The van der Waals surface area contributed by atoms with Crippen molar-refractivity contribution in [2.24, 2.45) is 0 Å². The summed E-state index contributed by atoms with van der Waals surface area (Å²) in [6.07, 6.45) is 5.07. The molecular weight excluding hydrogens is 426 g/mol. The van der Waals surface area contributed by atoms with E-state index in [0.29, 0.717) is 40.9 Å². The summed E-state index contributed by atoms with van der Waals surface area (Å²) in [5.41, 5.74) is 4.65. The van der Waals surface area contributed by atoms with E-state index in [1.54, 1.807) is 25.3 Å². The second kappa shape index (κ2) is 8.93. The quantitative estimate of drug-likeness (QED) is 0.195. The van der Waals surface area contributed by atoms with E-state index in [1.165, 1.54) is 6.08 Å². The molecule has 0 aliphatic rings. The maximum absolute atomic E-state index is 13.3. The molecule has 0 saturated heterocycles. The molecular formula is C25H24ClN3O3. The number of imidazole rings is 1. The number of halogens is 1. The fraction of sp³-hybridized carbons (Fsp3) is 0.200. The zero-order valence-corrected chi connectivity index (χ0v) is 19.0. The van der Waals surface area contributed by atoms with Crippen molar-refractivity contribution < 1.29 is 14.3 Å². The number of ether oxygens (including phenoxy) is 2. The second-order valence-electron chi connectivity index (χ2n) is 7.25. The molecule has 0 bridgehead atoms. The molecule has 4 aromatic rings. The Labute approximate surface area is 191 Å². The molecule has 0 unspecified atom stereocenters. The molecule has 0 N–H and O–H groups in total. The number of carbonyl (C=O) groups is 1. The van der Waals surface area contributed by atoms with E-state index in [9.17, 15) is 4.79 Å². The van der Waals surface area contributed by atoms with Gasteiger partial charge in [0.2, 0.25) is 0 Å². The third-order valence-electron chi connectivity index (χ3n) is 5.21. The minimum Gasteiger partial charge on any atom is -0.491 e. The molecule has 0 aliphatic heterocycles. The van der Waals surface area contributed by atoms with Crippen molar-refractivity contribution in [1.29, 1.82) is 0 Å². The monoisotopic (exact) mass is 449 g/mol. The van der Waals surface area contributed by atoms with Crippen LogP contribution in [0.15, 0.2) is 55.1 Å². The Hall–Kier alpha value is -3.51. The highest BCUT2D eigenvalue weighted by Crippen LogP contribution is 2.36. The lowest BCUT2D eigenvalue weighted by molar-refractivity contribution is 0.104. The maximum Gasteiger partial charge on any atom is 0.191 e. The van der Waals surface area contributed by atoms with Crippen molar-refractivity contribution >= 4 is 40.1 Å². The molecule has 2 aromatic heterocycles. The van der Waals surface area contributed by atoms with Crippen LogP contribution in [0, 0.1) is 6.92 Å². The molecule has 0 saturated carbocycles. The normalized spacial score (nSPS) is 11.5. The number of benzene rings is 2. The minimum atomic E-state index is -0.143. The van der Waals surface area contributed by atoms with Gasteiger partial charge >= 0.3 is 0 Å². The highest BCUT2D eigenvalue weighted by molar-refractivity contribution is 6.32. The number of aromatic nitrogens is 3. The average molecular weight is 450 g/mol. The lowest BCUT2D eigenvalue weighted by Gasteiger charge is -2.11. The van der Waals surface area contributed by atoms with Crippen LogP contribution in [-0.4, -0.2) is 33.7 Å². The zero-order chi connectivity index (χ0) is 22.8. The van der Waals surface area contributed by atoms with Gasteiger partial charge in [-0.1, -0.05) is 35.9 Å². The summed E-state index contributed by atoms with van der Waals surface area (Å²) in [7, 11) is 1.54.